The van der Waals surface area contributed by atoms with Crippen molar-refractivity contribution in [3.05, 3.63) is 25.3 Å². The van der Waals surface area contributed by atoms with Crippen LogP contribution in [0.5, 0.6) is 0 Å². The summed E-state index contributed by atoms with van der Waals surface area (Å²) >= 11 is 3.63. The monoisotopic (exact) mass is 526 g/mol. The van der Waals surface area contributed by atoms with Gasteiger partial charge in [-0.25, -0.2) is 0 Å². The fourth-order valence-corrected chi connectivity index (χ4v) is 6.43. The van der Waals surface area contributed by atoms with E-state index in [1.54, 1.807) is 24.0 Å². The van der Waals surface area contributed by atoms with Gasteiger partial charge in [-0.2, -0.15) is 0 Å². The lowest BCUT2D eigenvalue weighted by Crippen LogP contribution is -2.61. The second-order valence-electron chi connectivity index (χ2n) is 10.1. The summed E-state index contributed by atoms with van der Waals surface area (Å²) in [6.07, 6.45) is 3.64. The predicted molar refractivity (Wildman–Crippen MR) is 127 cm³/mol. The predicted octanol–water partition coefficient (Wildman–Crippen LogP) is 2.05. The van der Waals surface area contributed by atoms with Crippen LogP contribution in [0.4, 0.5) is 0 Å². The first-order valence-electron chi connectivity index (χ1n) is 11.4. The molecular weight excluding hydrogens is 492 g/mol. The summed E-state index contributed by atoms with van der Waals surface area (Å²) in [6.45, 7) is 15.0. The molecule has 2 amide bonds. The molecule has 8 nitrogen and oxygen atoms in total. The minimum atomic E-state index is -1.18. The van der Waals surface area contributed by atoms with Crippen LogP contribution in [-0.4, -0.2) is 86.6 Å². The Morgan fingerprint density at radius 3 is 2.61 bits per heavy atom. The molecule has 0 aromatic heterocycles. The molecule has 1 spiro atoms. The molecule has 3 fully saturated rings. The summed E-state index contributed by atoms with van der Waals surface area (Å²) in [5.74, 6) is -2.81. The summed E-state index contributed by atoms with van der Waals surface area (Å²) in [6, 6.07) is -1.59. The molecule has 0 aromatic carbocycles. The minimum Gasteiger partial charge on any atom is -0.465 e. The number of likely N-dealkylation sites (tertiary alicyclic amines) is 1. The topological polar surface area (TPSA) is 96.4 Å². The summed E-state index contributed by atoms with van der Waals surface area (Å²) in [7, 11) is 0. The Morgan fingerprint density at radius 2 is 2.06 bits per heavy atom. The molecule has 0 saturated carbocycles. The van der Waals surface area contributed by atoms with Crippen molar-refractivity contribution in [1.29, 1.82) is 0 Å². The first-order valence-corrected chi connectivity index (χ1v) is 12.3. The fraction of sp³-hybridized carbons (Fsp3) is 0.708. The molecule has 3 saturated heterocycles. The molecule has 0 radical (unpaired) electrons. The van der Waals surface area contributed by atoms with Gasteiger partial charge >= 0.3 is 5.97 Å². The molecule has 3 aliphatic heterocycles. The zero-order valence-corrected chi connectivity index (χ0v) is 21.4. The smallest absolute Gasteiger partial charge is 0.312 e. The van der Waals surface area contributed by atoms with Crippen LogP contribution < -0.4 is 0 Å². The molecule has 1 N–H and O–H groups in total. The van der Waals surface area contributed by atoms with Crippen LogP contribution >= 0.6 is 15.9 Å². The van der Waals surface area contributed by atoms with Crippen LogP contribution in [0, 0.1) is 11.8 Å². The number of amides is 2. The van der Waals surface area contributed by atoms with Gasteiger partial charge < -0.3 is 24.4 Å². The van der Waals surface area contributed by atoms with Crippen LogP contribution in [0.25, 0.3) is 0 Å². The molecule has 9 heteroatoms. The van der Waals surface area contributed by atoms with Gasteiger partial charge in [0, 0.05) is 16.9 Å². The highest BCUT2D eigenvalue weighted by atomic mass is 79.9. The van der Waals surface area contributed by atoms with Crippen molar-refractivity contribution >= 4 is 33.7 Å². The maximum Gasteiger partial charge on any atom is 0.312 e. The van der Waals surface area contributed by atoms with E-state index in [0.29, 0.717) is 19.4 Å². The van der Waals surface area contributed by atoms with Gasteiger partial charge in [0.2, 0.25) is 11.8 Å². The van der Waals surface area contributed by atoms with Gasteiger partial charge in [0.05, 0.1) is 37.2 Å². The SMILES string of the molecule is C=CCCOC(=O)[C@H]1[C@H]2C(=O)N([C@H](C)CO)C(C(=O)N(CC=C)C(C)(C)C)C23CC(Br)[C@@H]1O3. The third kappa shape index (κ3) is 4.17. The van der Waals surface area contributed by atoms with E-state index < -0.39 is 47.1 Å². The molecule has 3 rings (SSSR count). The molecule has 3 unspecified atom stereocenters. The molecule has 3 heterocycles. The van der Waals surface area contributed by atoms with E-state index >= 15 is 0 Å². The van der Waals surface area contributed by atoms with Crippen molar-refractivity contribution in [2.75, 3.05) is 19.8 Å². The summed E-state index contributed by atoms with van der Waals surface area (Å²) in [5, 5.41) is 9.93. The number of alkyl halides is 1. The van der Waals surface area contributed by atoms with Crippen molar-refractivity contribution in [1.82, 2.24) is 9.80 Å². The zero-order chi connectivity index (χ0) is 24.7. The number of halogens is 1. The van der Waals surface area contributed by atoms with E-state index in [1.165, 1.54) is 4.90 Å². The largest absolute Gasteiger partial charge is 0.465 e. The van der Waals surface area contributed by atoms with E-state index in [9.17, 15) is 19.5 Å². The van der Waals surface area contributed by atoms with Crippen LogP contribution in [0.15, 0.2) is 25.3 Å². The van der Waals surface area contributed by atoms with E-state index in [4.69, 9.17) is 9.47 Å². The Bertz CT molecular complexity index is 826. The molecular formula is C24H35BrN2O6. The van der Waals surface area contributed by atoms with Gasteiger partial charge in [-0.3, -0.25) is 14.4 Å². The van der Waals surface area contributed by atoms with E-state index in [-0.39, 0.29) is 29.9 Å². The number of esters is 1. The summed E-state index contributed by atoms with van der Waals surface area (Å²) in [4.78, 5) is 43.8. The Hall–Kier alpha value is -1.71. The molecule has 0 aromatic rings. The third-order valence-corrected chi connectivity index (χ3v) is 7.77. The number of nitrogens with zero attached hydrogens (tertiary/aromatic N) is 2. The minimum absolute atomic E-state index is 0.169. The van der Waals surface area contributed by atoms with Crippen molar-refractivity contribution in [2.24, 2.45) is 11.8 Å². The number of carbonyl (C=O) groups is 3. The highest BCUT2D eigenvalue weighted by Gasteiger charge is 2.77. The lowest BCUT2D eigenvalue weighted by Gasteiger charge is -2.43. The Morgan fingerprint density at radius 1 is 1.39 bits per heavy atom. The van der Waals surface area contributed by atoms with E-state index in [1.807, 2.05) is 20.8 Å². The van der Waals surface area contributed by atoms with Gasteiger partial charge in [0.1, 0.15) is 11.6 Å². The number of aliphatic hydroxyl groups is 1. The molecule has 33 heavy (non-hydrogen) atoms. The van der Waals surface area contributed by atoms with Crippen molar-refractivity contribution in [3.63, 3.8) is 0 Å². The normalized spacial score (nSPS) is 33.6. The van der Waals surface area contributed by atoms with Crippen LogP contribution in [0.1, 0.15) is 40.5 Å². The quantitative estimate of drug-likeness (QED) is 0.214. The second kappa shape index (κ2) is 9.50. The molecule has 7 atom stereocenters. The third-order valence-electron chi connectivity index (χ3n) is 6.93. The maximum atomic E-state index is 14.1. The van der Waals surface area contributed by atoms with Gasteiger partial charge in [-0.15, -0.1) is 13.2 Å². The summed E-state index contributed by atoms with van der Waals surface area (Å²) < 4.78 is 11.9. The number of aliphatic hydroxyl groups excluding tert-OH is 1. The average Bonchev–Trinajstić information content (AvgIpc) is 3.33. The number of ether oxygens (including phenoxy) is 2. The van der Waals surface area contributed by atoms with Gasteiger partial charge in [-0.05, 0) is 40.5 Å². The van der Waals surface area contributed by atoms with Crippen LogP contribution in [0.2, 0.25) is 0 Å². The average molecular weight is 527 g/mol. The lowest BCUT2D eigenvalue weighted by molar-refractivity contribution is -0.157. The molecule has 3 aliphatic rings. The Labute approximate surface area is 204 Å². The number of rotatable bonds is 9. The number of fused-ring (bicyclic) bond motifs is 1. The molecule has 2 bridgehead atoms. The highest BCUT2D eigenvalue weighted by molar-refractivity contribution is 9.09. The lowest BCUT2D eigenvalue weighted by atomic mass is 9.70. The van der Waals surface area contributed by atoms with Crippen molar-refractivity contribution in [3.8, 4) is 0 Å². The van der Waals surface area contributed by atoms with Gasteiger partial charge in [-0.1, -0.05) is 28.1 Å². The Balaban J connectivity index is 2.07. The Kier molecular flexibility index (Phi) is 7.46. The van der Waals surface area contributed by atoms with Gasteiger partial charge in [0.25, 0.3) is 0 Å². The number of carbonyl (C=O) groups excluding carboxylic acids is 3. The first-order chi connectivity index (χ1) is 15.5. The fourth-order valence-electron chi connectivity index (χ4n) is 5.49. The maximum absolute atomic E-state index is 14.1. The van der Waals surface area contributed by atoms with Crippen molar-refractivity contribution in [2.45, 2.75) is 74.7 Å². The number of hydrogen-bond donors (Lipinski definition) is 1. The first kappa shape index (κ1) is 25.9. The second-order valence-corrected chi connectivity index (χ2v) is 11.3. The molecule has 0 aliphatic carbocycles. The zero-order valence-electron chi connectivity index (χ0n) is 19.8. The van der Waals surface area contributed by atoms with Crippen molar-refractivity contribution < 1.29 is 29.0 Å². The standard InChI is InChI=1S/C24H35BrN2O6/c1-7-9-11-32-22(31)16-17-20(29)27(14(3)13-28)19(24(17)12-15(25)18(16)33-24)21(30)26(10-8-2)23(4,5)6/h7-8,14-19,28H,1-2,9-13H2,3-6H3/t14-,15?,16+,17+,18+,19?,24?/m1/s1. The summed E-state index contributed by atoms with van der Waals surface area (Å²) in [5.41, 5.74) is -1.71. The molecule has 184 valence electrons. The van der Waals surface area contributed by atoms with E-state index in [0.717, 1.165) is 0 Å². The van der Waals surface area contributed by atoms with Crippen LogP contribution in [-0.2, 0) is 23.9 Å². The van der Waals surface area contributed by atoms with Gasteiger partial charge in [0.15, 0.2) is 0 Å². The van der Waals surface area contributed by atoms with E-state index in [2.05, 4.69) is 29.1 Å². The highest BCUT2D eigenvalue weighted by Crippen LogP contribution is 2.60. The van der Waals surface area contributed by atoms with Crippen LogP contribution in [0.3, 0.4) is 0 Å². The number of hydrogen-bond acceptors (Lipinski definition) is 6.